The number of anilines is 1. The minimum Gasteiger partial charge on any atom is -0.347 e. The SMILES string of the molecule is CCC(C)c1ccc(-c2nc(N(C)C)n(C)n2)cc1. The summed E-state index contributed by atoms with van der Waals surface area (Å²) in [5.41, 5.74) is 2.44. The lowest BCUT2D eigenvalue weighted by atomic mass is 9.97. The molecule has 0 bridgehead atoms. The van der Waals surface area contributed by atoms with Crippen LogP contribution in [0.5, 0.6) is 0 Å². The van der Waals surface area contributed by atoms with Crippen molar-refractivity contribution < 1.29 is 0 Å². The molecular formula is C15H22N4. The molecule has 0 spiro atoms. The predicted octanol–water partition coefficient (Wildman–Crippen LogP) is 3.06. The third kappa shape index (κ3) is 2.78. The van der Waals surface area contributed by atoms with Gasteiger partial charge in [-0.05, 0) is 17.9 Å². The van der Waals surface area contributed by atoms with Gasteiger partial charge in [-0.1, -0.05) is 38.1 Å². The second-order valence-electron chi connectivity index (χ2n) is 5.18. The van der Waals surface area contributed by atoms with E-state index in [0.29, 0.717) is 5.92 Å². The monoisotopic (exact) mass is 258 g/mol. The van der Waals surface area contributed by atoms with E-state index in [1.807, 2.05) is 26.0 Å². The second kappa shape index (κ2) is 5.43. The first-order valence-corrected chi connectivity index (χ1v) is 6.71. The van der Waals surface area contributed by atoms with Crippen molar-refractivity contribution in [3.8, 4) is 11.4 Å². The van der Waals surface area contributed by atoms with Crippen LogP contribution < -0.4 is 4.90 Å². The number of hydrogen-bond donors (Lipinski definition) is 0. The van der Waals surface area contributed by atoms with Crippen molar-refractivity contribution in [2.24, 2.45) is 7.05 Å². The van der Waals surface area contributed by atoms with Crippen LogP contribution in [0.2, 0.25) is 0 Å². The van der Waals surface area contributed by atoms with Gasteiger partial charge in [0.05, 0.1) is 0 Å². The summed E-state index contributed by atoms with van der Waals surface area (Å²) >= 11 is 0. The Morgan fingerprint density at radius 2 is 1.84 bits per heavy atom. The van der Waals surface area contributed by atoms with E-state index >= 15 is 0 Å². The van der Waals surface area contributed by atoms with Crippen LogP contribution in [-0.2, 0) is 7.05 Å². The highest BCUT2D eigenvalue weighted by atomic mass is 15.4. The molecule has 0 saturated carbocycles. The highest BCUT2D eigenvalue weighted by Gasteiger charge is 2.11. The van der Waals surface area contributed by atoms with Gasteiger partial charge in [0.25, 0.3) is 0 Å². The van der Waals surface area contributed by atoms with Crippen LogP contribution >= 0.6 is 0 Å². The van der Waals surface area contributed by atoms with Gasteiger partial charge in [0.2, 0.25) is 5.95 Å². The van der Waals surface area contributed by atoms with Crippen LogP contribution in [0.1, 0.15) is 31.7 Å². The molecule has 0 saturated heterocycles. The van der Waals surface area contributed by atoms with Gasteiger partial charge in [0.1, 0.15) is 0 Å². The van der Waals surface area contributed by atoms with Crippen LogP contribution in [0.15, 0.2) is 24.3 Å². The van der Waals surface area contributed by atoms with E-state index in [2.05, 4.69) is 48.2 Å². The van der Waals surface area contributed by atoms with Gasteiger partial charge in [-0.2, -0.15) is 4.98 Å². The first kappa shape index (κ1) is 13.6. The molecule has 4 heteroatoms. The number of hydrogen-bond acceptors (Lipinski definition) is 3. The summed E-state index contributed by atoms with van der Waals surface area (Å²) < 4.78 is 1.80. The fraction of sp³-hybridized carbons (Fsp3) is 0.467. The van der Waals surface area contributed by atoms with Crippen molar-refractivity contribution in [3.05, 3.63) is 29.8 Å². The van der Waals surface area contributed by atoms with Gasteiger partial charge in [0, 0.05) is 26.7 Å². The molecule has 1 aromatic heterocycles. The molecule has 0 aliphatic rings. The molecule has 1 aromatic carbocycles. The van der Waals surface area contributed by atoms with Crippen molar-refractivity contribution >= 4 is 5.95 Å². The molecule has 19 heavy (non-hydrogen) atoms. The molecule has 2 rings (SSSR count). The van der Waals surface area contributed by atoms with E-state index < -0.39 is 0 Å². The third-order valence-electron chi connectivity index (χ3n) is 3.49. The van der Waals surface area contributed by atoms with E-state index in [4.69, 9.17) is 0 Å². The first-order valence-electron chi connectivity index (χ1n) is 6.71. The zero-order valence-corrected chi connectivity index (χ0v) is 12.4. The van der Waals surface area contributed by atoms with Crippen molar-refractivity contribution in [1.82, 2.24) is 14.8 Å². The summed E-state index contributed by atoms with van der Waals surface area (Å²) in [5, 5.41) is 4.46. The van der Waals surface area contributed by atoms with Gasteiger partial charge in [0.15, 0.2) is 5.82 Å². The van der Waals surface area contributed by atoms with Gasteiger partial charge >= 0.3 is 0 Å². The Bertz CT molecular complexity index is 540. The zero-order chi connectivity index (χ0) is 14.0. The first-order chi connectivity index (χ1) is 9.02. The van der Waals surface area contributed by atoms with Crippen molar-refractivity contribution in [3.63, 3.8) is 0 Å². The van der Waals surface area contributed by atoms with Crippen molar-refractivity contribution in [1.29, 1.82) is 0 Å². The predicted molar refractivity (Wildman–Crippen MR) is 79.5 cm³/mol. The number of aromatic nitrogens is 3. The van der Waals surface area contributed by atoms with Crippen LogP contribution in [0.25, 0.3) is 11.4 Å². The Hall–Kier alpha value is -1.84. The standard InChI is InChI=1S/C15H22N4/c1-6-11(2)12-7-9-13(10-8-12)14-16-15(18(3)4)19(5)17-14/h7-11H,6H2,1-5H3. The summed E-state index contributed by atoms with van der Waals surface area (Å²) in [6, 6.07) is 8.57. The lowest BCUT2D eigenvalue weighted by molar-refractivity contribution is 0.733. The smallest absolute Gasteiger partial charge is 0.223 e. The van der Waals surface area contributed by atoms with Crippen LogP contribution in [0.4, 0.5) is 5.95 Å². The second-order valence-corrected chi connectivity index (χ2v) is 5.18. The highest BCUT2D eigenvalue weighted by Crippen LogP contribution is 2.23. The van der Waals surface area contributed by atoms with Gasteiger partial charge < -0.3 is 4.90 Å². The van der Waals surface area contributed by atoms with E-state index in [9.17, 15) is 0 Å². The normalized spacial score (nSPS) is 12.5. The summed E-state index contributed by atoms with van der Waals surface area (Å²) in [4.78, 5) is 6.51. The molecule has 0 radical (unpaired) electrons. The molecule has 0 amide bonds. The van der Waals surface area contributed by atoms with E-state index in [-0.39, 0.29) is 0 Å². The molecule has 0 fully saturated rings. The fourth-order valence-corrected chi connectivity index (χ4v) is 2.08. The van der Waals surface area contributed by atoms with Crippen LogP contribution in [0.3, 0.4) is 0 Å². The lowest BCUT2D eigenvalue weighted by Gasteiger charge is -2.09. The molecule has 1 unspecified atom stereocenters. The summed E-state index contributed by atoms with van der Waals surface area (Å²) in [6.45, 7) is 4.46. The molecule has 2 aromatic rings. The Labute approximate surface area is 115 Å². The Kier molecular flexibility index (Phi) is 3.88. The molecule has 0 aliphatic carbocycles. The maximum atomic E-state index is 4.55. The van der Waals surface area contributed by atoms with Gasteiger partial charge in [-0.15, -0.1) is 5.10 Å². The van der Waals surface area contributed by atoms with E-state index in [0.717, 1.165) is 23.8 Å². The zero-order valence-electron chi connectivity index (χ0n) is 12.4. The Balaban J connectivity index is 2.30. The maximum Gasteiger partial charge on any atom is 0.223 e. The molecule has 102 valence electrons. The average Bonchev–Trinajstić information content (AvgIpc) is 2.80. The summed E-state index contributed by atoms with van der Waals surface area (Å²) in [6.07, 6.45) is 1.16. The molecule has 1 atom stereocenters. The molecular weight excluding hydrogens is 236 g/mol. The van der Waals surface area contributed by atoms with Gasteiger partial charge in [-0.3, -0.25) is 0 Å². The van der Waals surface area contributed by atoms with E-state index in [1.54, 1.807) is 4.68 Å². The quantitative estimate of drug-likeness (QED) is 0.845. The molecule has 0 aliphatic heterocycles. The number of nitrogens with zero attached hydrogens (tertiary/aromatic N) is 4. The van der Waals surface area contributed by atoms with Gasteiger partial charge in [-0.25, -0.2) is 4.68 Å². The Morgan fingerprint density at radius 3 is 2.32 bits per heavy atom. The summed E-state index contributed by atoms with van der Waals surface area (Å²) in [7, 11) is 5.86. The number of rotatable bonds is 4. The third-order valence-corrected chi connectivity index (χ3v) is 3.49. The van der Waals surface area contributed by atoms with Crippen LogP contribution in [-0.4, -0.2) is 28.9 Å². The van der Waals surface area contributed by atoms with Crippen molar-refractivity contribution in [2.75, 3.05) is 19.0 Å². The summed E-state index contributed by atoms with van der Waals surface area (Å²) in [5.74, 6) is 2.24. The molecule has 4 nitrogen and oxygen atoms in total. The molecule has 1 heterocycles. The topological polar surface area (TPSA) is 34.0 Å². The molecule has 0 N–H and O–H groups in total. The number of benzene rings is 1. The van der Waals surface area contributed by atoms with Crippen molar-refractivity contribution in [2.45, 2.75) is 26.2 Å². The maximum absolute atomic E-state index is 4.55. The largest absolute Gasteiger partial charge is 0.347 e. The fourth-order valence-electron chi connectivity index (χ4n) is 2.08. The minimum atomic E-state index is 0.600. The number of aryl methyl sites for hydroxylation is 1. The van der Waals surface area contributed by atoms with E-state index in [1.165, 1.54) is 5.56 Å². The van der Waals surface area contributed by atoms with Crippen LogP contribution in [0, 0.1) is 0 Å². The highest BCUT2D eigenvalue weighted by molar-refractivity contribution is 5.57. The Morgan fingerprint density at radius 1 is 1.21 bits per heavy atom. The lowest BCUT2D eigenvalue weighted by Crippen LogP contribution is -2.14. The minimum absolute atomic E-state index is 0.600. The average molecular weight is 258 g/mol.